The average Bonchev–Trinajstić information content (AvgIpc) is 2.95. The molecule has 0 radical (unpaired) electrons. The number of piperazine rings is 1. The maximum absolute atomic E-state index is 13.6. The molecule has 41 heavy (non-hydrogen) atoms. The van der Waals surface area contributed by atoms with Crippen molar-refractivity contribution in [3.63, 3.8) is 0 Å². The molecule has 0 unspecified atom stereocenters. The van der Waals surface area contributed by atoms with E-state index in [2.05, 4.69) is 5.32 Å². The zero-order chi connectivity index (χ0) is 29.6. The van der Waals surface area contributed by atoms with E-state index in [4.69, 9.17) is 14.2 Å². The molecule has 13 heteroatoms. The van der Waals surface area contributed by atoms with Crippen LogP contribution in [-0.4, -0.2) is 105 Å². The molecule has 222 valence electrons. The molecule has 3 amide bonds. The lowest BCUT2D eigenvalue weighted by molar-refractivity contribution is -0.146. The lowest BCUT2D eigenvalue weighted by Crippen LogP contribution is -2.60. The van der Waals surface area contributed by atoms with Gasteiger partial charge in [0.25, 0.3) is 5.91 Å². The van der Waals surface area contributed by atoms with Gasteiger partial charge in [0.05, 0.1) is 30.8 Å². The third-order valence-corrected chi connectivity index (χ3v) is 7.07. The number of hydrogen-bond acceptors (Lipinski definition) is 7. The van der Waals surface area contributed by atoms with Crippen molar-refractivity contribution in [2.75, 3.05) is 66.7 Å². The summed E-state index contributed by atoms with van der Waals surface area (Å²) >= 11 is 0. The largest absolute Gasteiger partial charge is 0.496 e. The smallest absolute Gasteiger partial charge is 0.416 e. The first-order chi connectivity index (χ1) is 19.6. The summed E-state index contributed by atoms with van der Waals surface area (Å²) in [5.41, 5.74) is -0.423. The number of halogens is 3. The molecule has 2 aromatic carbocycles. The number of nitrogens with one attached hydrogen (secondary N) is 1. The number of amides is 3. The van der Waals surface area contributed by atoms with Crippen LogP contribution in [0.15, 0.2) is 42.5 Å². The van der Waals surface area contributed by atoms with Crippen LogP contribution in [0.25, 0.3) is 0 Å². The second kappa shape index (κ2) is 13.2. The molecule has 1 saturated heterocycles. The van der Waals surface area contributed by atoms with Gasteiger partial charge in [-0.15, -0.1) is 0 Å². The van der Waals surface area contributed by atoms with Crippen molar-refractivity contribution >= 4 is 17.7 Å². The van der Waals surface area contributed by atoms with Crippen molar-refractivity contribution in [3.05, 3.63) is 59.2 Å². The van der Waals surface area contributed by atoms with E-state index in [0.717, 1.165) is 23.8 Å². The van der Waals surface area contributed by atoms with Crippen molar-refractivity contribution in [3.8, 4) is 11.5 Å². The highest BCUT2D eigenvalue weighted by Crippen LogP contribution is 2.33. The first-order valence-corrected chi connectivity index (χ1v) is 13.1. The maximum atomic E-state index is 13.6. The summed E-state index contributed by atoms with van der Waals surface area (Å²) in [6.07, 6.45) is -4.66. The quantitative estimate of drug-likeness (QED) is 0.580. The van der Waals surface area contributed by atoms with Crippen LogP contribution in [0.1, 0.15) is 21.5 Å². The molecule has 1 fully saturated rings. The number of carbonyl (C=O) groups excluding carboxylic acids is 3. The molecule has 1 atom stereocenters. The minimum Gasteiger partial charge on any atom is -0.496 e. The van der Waals surface area contributed by atoms with Crippen LogP contribution < -0.4 is 14.8 Å². The summed E-state index contributed by atoms with van der Waals surface area (Å²) in [5, 5.41) is 2.66. The van der Waals surface area contributed by atoms with Gasteiger partial charge in [0.1, 0.15) is 24.7 Å². The number of alkyl halides is 3. The van der Waals surface area contributed by atoms with E-state index < -0.39 is 23.7 Å². The Morgan fingerprint density at radius 2 is 1.88 bits per heavy atom. The van der Waals surface area contributed by atoms with Crippen LogP contribution in [0.2, 0.25) is 0 Å². The lowest BCUT2D eigenvalue weighted by Gasteiger charge is -2.42. The standard InChI is InChI=1S/C28H33F3N4O6/c1-39-18-26(37)34-11-12-35-21(15-34)17-41-24-8-7-20(28(29,30)31)13-22(24)27(38)32-9-10-33(16-25(35)36)14-19-5-3-4-6-23(19)40-2/h3-8,13,21H,9-12,14-18H2,1-2H3,(H,32,38)/t21-/m0/s1. The summed E-state index contributed by atoms with van der Waals surface area (Å²) in [5.74, 6) is -0.600. The van der Waals surface area contributed by atoms with E-state index in [1.54, 1.807) is 23.0 Å². The number of carbonyl (C=O) groups is 3. The Morgan fingerprint density at radius 3 is 2.61 bits per heavy atom. The van der Waals surface area contributed by atoms with Crippen LogP contribution in [0.3, 0.4) is 0 Å². The molecular formula is C28H33F3N4O6. The number of para-hydroxylation sites is 1. The fourth-order valence-corrected chi connectivity index (χ4v) is 4.96. The minimum atomic E-state index is -4.66. The van der Waals surface area contributed by atoms with E-state index in [1.165, 1.54) is 7.11 Å². The van der Waals surface area contributed by atoms with Gasteiger partial charge in [-0.05, 0) is 24.3 Å². The van der Waals surface area contributed by atoms with Crippen LogP contribution in [0.4, 0.5) is 13.2 Å². The van der Waals surface area contributed by atoms with E-state index in [1.807, 2.05) is 23.1 Å². The van der Waals surface area contributed by atoms with Crippen LogP contribution >= 0.6 is 0 Å². The molecule has 0 bridgehead atoms. The zero-order valence-electron chi connectivity index (χ0n) is 22.9. The van der Waals surface area contributed by atoms with E-state index >= 15 is 0 Å². The summed E-state index contributed by atoms with van der Waals surface area (Å²) in [6.45, 7) is 1.04. The number of ether oxygens (including phenoxy) is 3. The summed E-state index contributed by atoms with van der Waals surface area (Å²) < 4.78 is 56.7. The highest BCUT2D eigenvalue weighted by Gasteiger charge is 2.35. The Kier molecular flexibility index (Phi) is 9.71. The molecule has 2 aliphatic heterocycles. The number of benzene rings is 2. The Balaban J connectivity index is 1.66. The number of methoxy groups -OCH3 is 2. The lowest BCUT2D eigenvalue weighted by atomic mass is 10.1. The fourth-order valence-electron chi connectivity index (χ4n) is 4.96. The molecular weight excluding hydrogens is 545 g/mol. The van der Waals surface area contributed by atoms with Gasteiger partial charge in [0, 0.05) is 51.9 Å². The molecule has 2 aliphatic rings. The van der Waals surface area contributed by atoms with Gasteiger partial charge in [0.15, 0.2) is 0 Å². The monoisotopic (exact) mass is 578 g/mol. The van der Waals surface area contributed by atoms with Crippen molar-refractivity contribution in [2.45, 2.75) is 18.8 Å². The normalized spacial score (nSPS) is 19.1. The SMILES string of the molecule is COCC(=O)N1CCN2C(=O)CN(Cc3ccccc3OC)CCNC(=O)c3cc(C(F)(F)F)ccc3OC[C@@H]2C1. The van der Waals surface area contributed by atoms with Crippen LogP contribution in [-0.2, 0) is 27.0 Å². The summed E-state index contributed by atoms with van der Waals surface area (Å²) in [7, 11) is 2.96. The maximum Gasteiger partial charge on any atom is 0.416 e. The molecule has 2 aromatic rings. The molecule has 4 rings (SSSR count). The molecule has 1 N–H and O–H groups in total. The molecule has 0 saturated carbocycles. The minimum absolute atomic E-state index is 0.00159. The van der Waals surface area contributed by atoms with E-state index in [-0.39, 0.29) is 69.1 Å². The third kappa shape index (κ3) is 7.47. The molecule has 0 aliphatic carbocycles. The summed E-state index contributed by atoms with van der Waals surface area (Å²) in [6, 6.07) is 9.45. The topological polar surface area (TPSA) is 101 Å². The molecule has 0 spiro atoms. The Hall–Kier alpha value is -3.84. The Labute approximate surface area is 235 Å². The fraction of sp³-hybridized carbons (Fsp3) is 0.464. The predicted molar refractivity (Wildman–Crippen MR) is 142 cm³/mol. The van der Waals surface area contributed by atoms with Gasteiger partial charge < -0.3 is 29.3 Å². The van der Waals surface area contributed by atoms with Crippen molar-refractivity contribution < 1.29 is 41.8 Å². The second-order valence-corrected chi connectivity index (χ2v) is 9.81. The van der Waals surface area contributed by atoms with Gasteiger partial charge in [-0.2, -0.15) is 13.2 Å². The van der Waals surface area contributed by atoms with Gasteiger partial charge >= 0.3 is 6.18 Å². The van der Waals surface area contributed by atoms with Crippen molar-refractivity contribution in [1.82, 2.24) is 20.0 Å². The first kappa shape index (κ1) is 30.1. The van der Waals surface area contributed by atoms with Crippen LogP contribution in [0.5, 0.6) is 11.5 Å². The third-order valence-electron chi connectivity index (χ3n) is 7.07. The summed E-state index contributed by atoms with van der Waals surface area (Å²) in [4.78, 5) is 44.3. The highest BCUT2D eigenvalue weighted by atomic mass is 19.4. The van der Waals surface area contributed by atoms with Crippen molar-refractivity contribution in [2.24, 2.45) is 0 Å². The number of fused-ring (bicyclic) bond motifs is 2. The zero-order valence-corrected chi connectivity index (χ0v) is 22.9. The molecule has 10 nitrogen and oxygen atoms in total. The van der Waals surface area contributed by atoms with E-state index in [0.29, 0.717) is 18.8 Å². The number of nitrogens with zero attached hydrogens (tertiary/aromatic N) is 3. The van der Waals surface area contributed by atoms with Crippen LogP contribution in [0, 0.1) is 0 Å². The second-order valence-electron chi connectivity index (χ2n) is 9.81. The van der Waals surface area contributed by atoms with Gasteiger partial charge in [-0.1, -0.05) is 18.2 Å². The molecule has 2 heterocycles. The van der Waals surface area contributed by atoms with Gasteiger partial charge in [-0.3, -0.25) is 19.3 Å². The van der Waals surface area contributed by atoms with Crippen molar-refractivity contribution in [1.29, 1.82) is 0 Å². The first-order valence-electron chi connectivity index (χ1n) is 13.1. The Morgan fingerprint density at radius 1 is 1.10 bits per heavy atom. The highest BCUT2D eigenvalue weighted by molar-refractivity contribution is 5.97. The average molecular weight is 579 g/mol. The molecule has 0 aromatic heterocycles. The Bertz CT molecular complexity index is 1260. The van der Waals surface area contributed by atoms with E-state index in [9.17, 15) is 27.6 Å². The van der Waals surface area contributed by atoms with Gasteiger partial charge in [-0.25, -0.2) is 0 Å². The number of hydrogen-bond donors (Lipinski definition) is 1. The number of rotatable bonds is 5. The predicted octanol–water partition coefficient (Wildman–Crippen LogP) is 2.02. The van der Waals surface area contributed by atoms with Gasteiger partial charge in [0.2, 0.25) is 11.8 Å².